The third-order valence-electron chi connectivity index (χ3n) is 12.0. The van der Waals surface area contributed by atoms with Crippen molar-refractivity contribution in [3.05, 3.63) is 218 Å². The van der Waals surface area contributed by atoms with Gasteiger partial charge in [-0.25, -0.2) is 9.97 Å². The number of nitrogens with zero attached hydrogens (tertiary/aromatic N) is 5. The number of nitrogens with one attached hydrogen (secondary N) is 1. The van der Waals surface area contributed by atoms with Crippen LogP contribution in [0.3, 0.4) is 0 Å². The summed E-state index contributed by atoms with van der Waals surface area (Å²) in [5.74, 6) is 0. The third kappa shape index (κ3) is 6.57. The molecular formula is C58H42N6. The molecule has 304 valence electrons. The Morgan fingerprint density at radius 1 is 0.359 bits per heavy atom. The van der Waals surface area contributed by atoms with E-state index in [0.717, 1.165) is 106 Å². The van der Waals surface area contributed by atoms with Gasteiger partial charge in [-0.1, -0.05) is 146 Å². The van der Waals surface area contributed by atoms with Gasteiger partial charge in [0.25, 0.3) is 0 Å². The highest BCUT2D eigenvalue weighted by atomic mass is 15.1. The fourth-order valence-electron chi connectivity index (χ4n) is 9.20. The summed E-state index contributed by atoms with van der Waals surface area (Å²) in [4.78, 5) is 20.7. The molecule has 0 unspecified atom stereocenters. The van der Waals surface area contributed by atoms with Crippen molar-refractivity contribution in [3.63, 3.8) is 0 Å². The SMILES string of the molecule is C=Nc1c(NC)c(-c2ccc(N(c3ccccc3)c3ccccc3)cc2)c2nc3c4ccccc4c4ccccc4c3nc2c1-c1ccc(N(c2ccccc2)c2ccccc2)cc1. The van der Waals surface area contributed by atoms with Crippen molar-refractivity contribution < 1.29 is 0 Å². The number of fused-ring (bicyclic) bond motifs is 7. The fourth-order valence-corrected chi connectivity index (χ4v) is 9.20. The molecule has 1 aromatic heterocycles. The van der Waals surface area contributed by atoms with E-state index in [1.807, 2.05) is 31.3 Å². The number of rotatable bonds is 10. The van der Waals surface area contributed by atoms with Gasteiger partial charge in [0, 0.05) is 63.1 Å². The van der Waals surface area contributed by atoms with Crippen LogP contribution in [0.2, 0.25) is 0 Å². The Labute approximate surface area is 372 Å². The zero-order valence-electron chi connectivity index (χ0n) is 35.2. The van der Waals surface area contributed by atoms with E-state index in [1.165, 1.54) is 0 Å². The van der Waals surface area contributed by atoms with E-state index in [2.05, 4.69) is 216 Å². The van der Waals surface area contributed by atoms with E-state index in [0.29, 0.717) is 5.69 Å². The lowest BCUT2D eigenvalue weighted by Gasteiger charge is -2.26. The first-order valence-corrected chi connectivity index (χ1v) is 21.5. The predicted octanol–water partition coefficient (Wildman–Crippen LogP) is 15.7. The van der Waals surface area contributed by atoms with E-state index in [-0.39, 0.29) is 0 Å². The third-order valence-corrected chi connectivity index (χ3v) is 12.0. The maximum absolute atomic E-state index is 5.70. The fraction of sp³-hybridized carbons (Fsp3) is 0.0172. The normalized spacial score (nSPS) is 11.3. The molecule has 0 amide bonds. The average Bonchev–Trinajstić information content (AvgIpc) is 3.37. The monoisotopic (exact) mass is 822 g/mol. The zero-order valence-corrected chi connectivity index (χ0v) is 35.2. The Hall–Kier alpha value is -8.61. The number of benzene rings is 10. The van der Waals surface area contributed by atoms with Crippen LogP contribution in [0.5, 0.6) is 0 Å². The lowest BCUT2D eigenvalue weighted by Crippen LogP contribution is -2.09. The summed E-state index contributed by atoms with van der Waals surface area (Å²) in [6.45, 7) is 4.20. The molecule has 11 rings (SSSR count). The summed E-state index contributed by atoms with van der Waals surface area (Å²) in [6.07, 6.45) is 0. The second-order valence-corrected chi connectivity index (χ2v) is 15.7. The van der Waals surface area contributed by atoms with Crippen molar-refractivity contribution in [2.24, 2.45) is 4.99 Å². The van der Waals surface area contributed by atoms with E-state index >= 15 is 0 Å². The maximum Gasteiger partial charge on any atom is 0.100 e. The summed E-state index contributed by atoms with van der Waals surface area (Å²) < 4.78 is 0. The smallest absolute Gasteiger partial charge is 0.100 e. The lowest BCUT2D eigenvalue weighted by molar-refractivity contribution is 1.28. The van der Waals surface area contributed by atoms with Crippen LogP contribution >= 0.6 is 0 Å². The number of hydrogen-bond donors (Lipinski definition) is 1. The van der Waals surface area contributed by atoms with Crippen LogP contribution in [0, 0.1) is 0 Å². The van der Waals surface area contributed by atoms with Crippen LogP contribution in [-0.2, 0) is 0 Å². The van der Waals surface area contributed by atoms with Crippen molar-refractivity contribution in [1.82, 2.24) is 9.97 Å². The van der Waals surface area contributed by atoms with Crippen molar-refractivity contribution in [3.8, 4) is 22.3 Å². The van der Waals surface area contributed by atoms with Crippen LogP contribution in [0.25, 0.3) is 65.9 Å². The number of para-hydroxylation sites is 4. The van der Waals surface area contributed by atoms with Gasteiger partial charge < -0.3 is 15.1 Å². The second-order valence-electron chi connectivity index (χ2n) is 15.7. The number of anilines is 7. The van der Waals surface area contributed by atoms with E-state index in [4.69, 9.17) is 15.0 Å². The Balaban J connectivity index is 1.17. The minimum Gasteiger partial charge on any atom is -0.386 e. The molecule has 6 nitrogen and oxygen atoms in total. The summed E-state index contributed by atoms with van der Waals surface area (Å²) in [6, 6.07) is 76.2. The molecule has 6 heteroatoms. The van der Waals surface area contributed by atoms with Crippen molar-refractivity contribution >= 4 is 95.8 Å². The Bertz CT molecular complexity index is 3390. The summed E-state index contributed by atoms with van der Waals surface area (Å²) >= 11 is 0. The molecule has 0 saturated carbocycles. The molecule has 10 aromatic carbocycles. The first kappa shape index (κ1) is 38.3. The number of hydrogen-bond acceptors (Lipinski definition) is 6. The molecule has 0 spiro atoms. The van der Waals surface area contributed by atoms with E-state index in [1.54, 1.807) is 0 Å². The number of aromatic nitrogens is 2. The van der Waals surface area contributed by atoms with Crippen molar-refractivity contribution in [2.75, 3.05) is 22.2 Å². The summed E-state index contributed by atoms with van der Waals surface area (Å²) in [7, 11) is 1.95. The molecule has 0 atom stereocenters. The van der Waals surface area contributed by atoms with Crippen LogP contribution in [0.1, 0.15) is 0 Å². The Kier molecular flexibility index (Phi) is 9.79. The lowest BCUT2D eigenvalue weighted by atomic mass is 9.92. The molecular weight excluding hydrogens is 781 g/mol. The quantitative estimate of drug-likeness (QED) is 0.0846. The van der Waals surface area contributed by atoms with Gasteiger partial charge in [-0.2, -0.15) is 0 Å². The summed E-state index contributed by atoms with van der Waals surface area (Å²) in [5, 5.41) is 7.95. The highest BCUT2D eigenvalue weighted by molar-refractivity contribution is 6.25. The molecule has 0 aliphatic carbocycles. The standard InChI is InChI=1S/C58H42N6/c1-59-55-51(39-31-35-45(36-32-39)63(41-19-7-3-8-20-41)42-21-9-4-10-22-42)57-58(62-54-50-30-18-16-28-48(50)47-27-15-17-29-49(47)53(54)61-57)52(56(55)60-2)40-33-37-46(38-34-40)64(43-23-11-5-12-24-43)44-25-13-6-14-26-44/h3-38,60H,1H2,2H3. The first-order valence-electron chi connectivity index (χ1n) is 21.5. The van der Waals surface area contributed by atoms with Crippen LogP contribution in [0.15, 0.2) is 223 Å². The predicted molar refractivity (Wildman–Crippen MR) is 271 cm³/mol. The second kappa shape index (κ2) is 16.3. The molecule has 0 saturated heterocycles. The highest BCUT2D eigenvalue weighted by Crippen LogP contribution is 2.50. The molecule has 0 aliphatic heterocycles. The molecule has 0 fully saturated rings. The molecule has 11 aromatic rings. The van der Waals surface area contributed by atoms with Crippen molar-refractivity contribution in [2.45, 2.75) is 0 Å². The van der Waals surface area contributed by atoms with Gasteiger partial charge in [-0.3, -0.25) is 4.99 Å². The maximum atomic E-state index is 5.70. The van der Waals surface area contributed by atoms with E-state index in [9.17, 15) is 0 Å². The highest BCUT2D eigenvalue weighted by Gasteiger charge is 2.26. The Morgan fingerprint density at radius 2 is 0.672 bits per heavy atom. The van der Waals surface area contributed by atoms with Crippen molar-refractivity contribution in [1.29, 1.82) is 0 Å². The van der Waals surface area contributed by atoms with Gasteiger partial charge in [0.2, 0.25) is 0 Å². The van der Waals surface area contributed by atoms with Gasteiger partial charge >= 0.3 is 0 Å². The van der Waals surface area contributed by atoms with Crippen LogP contribution in [-0.4, -0.2) is 23.7 Å². The first-order chi connectivity index (χ1) is 31.7. The topological polar surface area (TPSA) is 56.7 Å². The van der Waals surface area contributed by atoms with E-state index < -0.39 is 0 Å². The largest absolute Gasteiger partial charge is 0.386 e. The molecule has 64 heavy (non-hydrogen) atoms. The molecule has 0 radical (unpaired) electrons. The molecule has 1 heterocycles. The Morgan fingerprint density at radius 3 is 1.03 bits per heavy atom. The minimum atomic E-state index is 0.707. The molecule has 0 aliphatic rings. The number of aliphatic imine (C=N–C) groups is 1. The molecule has 0 bridgehead atoms. The average molecular weight is 823 g/mol. The van der Waals surface area contributed by atoms with Gasteiger partial charge in [-0.05, 0) is 101 Å². The summed E-state index contributed by atoms with van der Waals surface area (Å²) in [5.41, 5.74) is 14.8. The zero-order chi connectivity index (χ0) is 43.0. The van der Waals surface area contributed by atoms with Gasteiger partial charge in [0.15, 0.2) is 0 Å². The molecule has 1 N–H and O–H groups in total. The van der Waals surface area contributed by atoms with Gasteiger partial charge in [0.1, 0.15) is 11.0 Å². The van der Waals surface area contributed by atoms with Gasteiger partial charge in [-0.15, -0.1) is 0 Å². The minimum absolute atomic E-state index is 0.707. The van der Waals surface area contributed by atoms with Gasteiger partial charge in [0.05, 0.1) is 22.4 Å². The van der Waals surface area contributed by atoms with Crippen LogP contribution in [0.4, 0.5) is 45.5 Å². The van der Waals surface area contributed by atoms with Crippen LogP contribution < -0.4 is 15.1 Å².